The molecule has 0 aliphatic heterocycles. The third kappa shape index (κ3) is 2.94. The number of nitrogen functional groups attached to an aromatic ring is 1. The Bertz CT molecular complexity index is 601. The van der Waals surface area contributed by atoms with Crippen LogP contribution in [0, 0.1) is 3.57 Å². The van der Waals surface area contributed by atoms with E-state index in [0.717, 1.165) is 3.57 Å². The number of anilines is 2. The lowest BCUT2D eigenvalue weighted by molar-refractivity contribution is 0.102. The molecule has 2 aromatic rings. The molecule has 0 fully saturated rings. The molecule has 0 aliphatic rings. The van der Waals surface area contributed by atoms with E-state index in [-0.39, 0.29) is 5.91 Å². The van der Waals surface area contributed by atoms with Crippen LogP contribution in [0.5, 0.6) is 0 Å². The average Bonchev–Trinajstić information content (AvgIpc) is 2.33. The van der Waals surface area contributed by atoms with E-state index in [1.165, 1.54) is 0 Å². The van der Waals surface area contributed by atoms with Crippen LogP contribution in [0.1, 0.15) is 10.4 Å². The van der Waals surface area contributed by atoms with Crippen molar-refractivity contribution in [3.63, 3.8) is 0 Å². The highest BCUT2D eigenvalue weighted by atomic mass is 127. The molecule has 3 nitrogen and oxygen atoms in total. The maximum absolute atomic E-state index is 12.0. The Kier molecular flexibility index (Phi) is 4.08. The van der Waals surface area contributed by atoms with Crippen molar-refractivity contribution in [3.8, 4) is 0 Å². The van der Waals surface area contributed by atoms with E-state index in [0.29, 0.717) is 22.0 Å². The van der Waals surface area contributed by atoms with Gasteiger partial charge < -0.3 is 11.1 Å². The summed E-state index contributed by atoms with van der Waals surface area (Å²) in [6, 6.07) is 12.2. The van der Waals surface area contributed by atoms with Gasteiger partial charge in [-0.25, -0.2) is 0 Å². The van der Waals surface area contributed by atoms with Gasteiger partial charge in [-0.3, -0.25) is 4.79 Å². The summed E-state index contributed by atoms with van der Waals surface area (Å²) in [7, 11) is 0. The van der Waals surface area contributed by atoms with E-state index in [1.807, 2.05) is 0 Å². The predicted octanol–water partition coefficient (Wildman–Crippen LogP) is 3.78. The molecule has 18 heavy (non-hydrogen) atoms. The number of nitrogens with one attached hydrogen (secondary N) is 1. The van der Waals surface area contributed by atoms with Gasteiger partial charge in [0.05, 0.1) is 11.3 Å². The normalized spacial score (nSPS) is 10.1. The number of amides is 1. The molecule has 0 unspecified atom stereocenters. The van der Waals surface area contributed by atoms with Crippen LogP contribution >= 0.6 is 34.2 Å². The number of para-hydroxylation sites is 1. The van der Waals surface area contributed by atoms with Gasteiger partial charge in [-0.05, 0) is 52.9 Å². The number of rotatable bonds is 2. The van der Waals surface area contributed by atoms with Crippen molar-refractivity contribution in [2.24, 2.45) is 0 Å². The average molecular weight is 373 g/mol. The minimum absolute atomic E-state index is 0.228. The molecule has 0 saturated carbocycles. The molecule has 0 heterocycles. The molecular formula is C13H10ClIN2O. The zero-order chi connectivity index (χ0) is 13.1. The lowest BCUT2D eigenvalue weighted by atomic mass is 10.1. The number of hydrogen-bond donors (Lipinski definition) is 2. The van der Waals surface area contributed by atoms with E-state index in [4.69, 9.17) is 17.3 Å². The first-order chi connectivity index (χ1) is 8.58. The molecule has 0 spiro atoms. The highest BCUT2D eigenvalue weighted by molar-refractivity contribution is 14.1. The molecule has 2 aromatic carbocycles. The van der Waals surface area contributed by atoms with Crippen LogP contribution in [-0.4, -0.2) is 5.91 Å². The number of halogens is 2. The van der Waals surface area contributed by atoms with Gasteiger partial charge in [0.2, 0.25) is 0 Å². The van der Waals surface area contributed by atoms with Crippen molar-refractivity contribution >= 4 is 51.5 Å². The standard InChI is InChI=1S/C13H10ClIN2O/c14-8-5-6-12(10(15)7-8)17-13(18)9-3-1-2-4-11(9)16/h1-7H,16H2,(H,17,18). The monoisotopic (exact) mass is 372 g/mol. The summed E-state index contributed by atoms with van der Waals surface area (Å²) >= 11 is 7.98. The summed E-state index contributed by atoms with van der Waals surface area (Å²) in [4.78, 5) is 12.0. The van der Waals surface area contributed by atoms with Crippen LogP contribution < -0.4 is 11.1 Å². The Labute approximate surface area is 123 Å². The van der Waals surface area contributed by atoms with Crippen molar-refractivity contribution in [2.75, 3.05) is 11.1 Å². The lowest BCUT2D eigenvalue weighted by Gasteiger charge is -2.09. The molecule has 3 N–H and O–H groups in total. The largest absolute Gasteiger partial charge is 0.398 e. The molecule has 0 aromatic heterocycles. The molecule has 92 valence electrons. The summed E-state index contributed by atoms with van der Waals surface area (Å²) < 4.78 is 0.878. The number of nitrogens with two attached hydrogens (primary N) is 1. The second-order valence-corrected chi connectivity index (χ2v) is 5.26. The number of carbonyl (C=O) groups is 1. The smallest absolute Gasteiger partial charge is 0.257 e. The van der Waals surface area contributed by atoms with Crippen LogP contribution in [-0.2, 0) is 0 Å². The molecule has 0 bridgehead atoms. The fourth-order valence-corrected chi connectivity index (χ4v) is 2.49. The zero-order valence-corrected chi connectivity index (χ0v) is 12.2. The highest BCUT2D eigenvalue weighted by Crippen LogP contribution is 2.23. The van der Waals surface area contributed by atoms with Crippen LogP contribution in [0.15, 0.2) is 42.5 Å². The van der Waals surface area contributed by atoms with Gasteiger partial charge in [0.15, 0.2) is 0 Å². The minimum Gasteiger partial charge on any atom is -0.398 e. The summed E-state index contributed by atoms with van der Waals surface area (Å²) in [6.07, 6.45) is 0. The Hall–Kier alpha value is -1.27. The fraction of sp³-hybridized carbons (Fsp3) is 0. The molecular weight excluding hydrogens is 363 g/mol. The fourth-order valence-electron chi connectivity index (χ4n) is 1.48. The molecule has 0 atom stereocenters. The maximum atomic E-state index is 12.0. The third-order valence-electron chi connectivity index (χ3n) is 2.38. The van der Waals surface area contributed by atoms with Crippen molar-refractivity contribution in [1.29, 1.82) is 0 Å². The van der Waals surface area contributed by atoms with Gasteiger partial charge in [0.25, 0.3) is 5.91 Å². The second-order valence-electron chi connectivity index (χ2n) is 3.67. The Morgan fingerprint density at radius 2 is 1.94 bits per heavy atom. The first-order valence-corrected chi connectivity index (χ1v) is 6.64. The van der Waals surface area contributed by atoms with E-state index in [2.05, 4.69) is 27.9 Å². The highest BCUT2D eigenvalue weighted by Gasteiger charge is 2.10. The van der Waals surface area contributed by atoms with Crippen molar-refractivity contribution in [3.05, 3.63) is 56.6 Å². The SMILES string of the molecule is Nc1ccccc1C(=O)Nc1ccc(Cl)cc1I. The first-order valence-electron chi connectivity index (χ1n) is 5.19. The van der Waals surface area contributed by atoms with Gasteiger partial charge in [-0.1, -0.05) is 23.7 Å². The van der Waals surface area contributed by atoms with Gasteiger partial charge in [-0.15, -0.1) is 0 Å². The minimum atomic E-state index is -0.228. The summed E-state index contributed by atoms with van der Waals surface area (Å²) in [6.45, 7) is 0. The van der Waals surface area contributed by atoms with Crippen molar-refractivity contribution < 1.29 is 4.79 Å². The third-order valence-corrected chi connectivity index (χ3v) is 3.51. The lowest BCUT2D eigenvalue weighted by Crippen LogP contribution is -2.14. The Morgan fingerprint density at radius 3 is 2.61 bits per heavy atom. The van der Waals surface area contributed by atoms with E-state index in [1.54, 1.807) is 42.5 Å². The van der Waals surface area contributed by atoms with Gasteiger partial charge >= 0.3 is 0 Å². The van der Waals surface area contributed by atoms with Gasteiger partial charge in [0.1, 0.15) is 0 Å². The summed E-state index contributed by atoms with van der Waals surface area (Å²) in [5.74, 6) is -0.228. The Morgan fingerprint density at radius 1 is 1.22 bits per heavy atom. The van der Waals surface area contributed by atoms with Gasteiger partial charge in [-0.2, -0.15) is 0 Å². The zero-order valence-electron chi connectivity index (χ0n) is 9.28. The van der Waals surface area contributed by atoms with Crippen LogP contribution in [0.4, 0.5) is 11.4 Å². The maximum Gasteiger partial charge on any atom is 0.257 e. The number of carbonyl (C=O) groups excluding carboxylic acids is 1. The summed E-state index contributed by atoms with van der Waals surface area (Å²) in [5.41, 5.74) is 7.39. The van der Waals surface area contributed by atoms with Crippen LogP contribution in [0.3, 0.4) is 0 Å². The number of hydrogen-bond acceptors (Lipinski definition) is 2. The van der Waals surface area contributed by atoms with E-state index < -0.39 is 0 Å². The topological polar surface area (TPSA) is 55.1 Å². The molecule has 0 aliphatic carbocycles. The quantitative estimate of drug-likeness (QED) is 0.623. The molecule has 0 radical (unpaired) electrons. The van der Waals surface area contributed by atoms with Crippen molar-refractivity contribution in [2.45, 2.75) is 0 Å². The first kappa shape index (κ1) is 13.2. The van der Waals surface area contributed by atoms with E-state index in [9.17, 15) is 4.79 Å². The summed E-state index contributed by atoms with van der Waals surface area (Å²) in [5, 5.41) is 3.45. The predicted molar refractivity (Wildman–Crippen MR) is 83.0 cm³/mol. The number of benzene rings is 2. The molecule has 1 amide bonds. The second kappa shape index (κ2) is 5.58. The van der Waals surface area contributed by atoms with Gasteiger partial charge in [0, 0.05) is 14.3 Å². The van der Waals surface area contributed by atoms with Crippen LogP contribution in [0.25, 0.3) is 0 Å². The van der Waals surface area contributed by atoms with E-state index >= 15 is 0 Å². The molecule has 0 saturated heterocycles. The molecule has 5 heteroatoms. The Balaban J connectivity index is 2.24. The molecule has 2 rings (SSSR count). The van der Waals surface area contributed by atoms with Crippen molar-refractivity contribution in [1.82, 2.24) is 0 Å². The van der Waals surface area contributed by atoms with Crippen LogP contribution in [0.2, 0.25) is 5.02 Å².